The highest BCUT2D eigenvalue weighted by atomic mass is 32.2. The molecule has 6 heteroatoms. The SMILES string of the molecule is Cc1cccc(CS(=O)(=O)N2CCC(Oc3ccc4ccccc4n3)C2)c1. The normalized spacial score (nSPS) is 18.0. The van der Waals surface area contributed by atoms with Crippen LogP contribution in [0, 0.1) is 6.92 Å². The summed E-state index contributed by atoms with van der Waals surface area (Å²) >= 11 is 0. The van der Waals surface area contributed by atoms with Crippen LogP contribution in [0.4, 0.5) is 0 Å². The number of benzene rings is 2. The van der Waals surface area contributed by atoms with Gasteiger partial charge in [-0.05, 0) is 31.0 Å². The van der Waals surface area contributed by atoms with Gasteiger partial charge in [0.2, 0.25) is 15.9 Å². The Bertz CT molecular complexity index is 1070. The molecule has 0 radical (unpaired) electrons. The lowest BCUT2D eigenvalue weighted by molar-refractivity contribution is 0.207. The second-order valence-corrected chi connectivity index (χ2v) is 8.94. The fourth-order valence-electron chi connectivity index (χ4n) is 3.43. The summed E-state index contributed by atoms with van der Waals surface area (Å²) in [5, 5.41) is 1.05. The third-order valence-electron chi connectivity index (χ3n) is 4.79. The molecule has 1 unspecified atom stereocenters. The number of pyridine rings is 1. The topological polar surface area (TPSA) is 59.5 Å². The number of fused-ring (bicyclic) bond motifs is 1. The highest BCUT2D eigenvalue weighted by molar-refractivity contribution is 7.88. The smallest absolute Gasteiger partial charge is 0.218 e. The molecule has 0 aliphatic carbocycles. The van der Waals surface area contributed by atoms with Crippen LogP contribution in [0.25, 0.3) is 10.9 Å². The predicted octanol–water partition coefficient (Wildman–Crippen LogP) is 3.53. The first-order chi connectivity index (χ1) is 13.0. The average Bonchev–Trinajstić information content (AvgIpc) is 3.11. The van der Waals surface area contributed by atoms with E-state index in [1.807, 2.05) is 67.6 Å². The van der Waals surface area contributed by atoms with Crippen molar-refractivity contribution >= 4 is 20.9 Å². The first-order valence-corrected chi connectivity index (χ1v) is 10.7. The molecule has 3 aromatic rings. The summed E-state index contributed by atoms with van der Waals surface area (Å²) in [5.41, 5.74) is 2.75. The van der Waals surface area contributed by atoms with E-state index >= 15 is 0 Å². The Morgan fingerprint density at radius 1 is 1.11 bits per heavy atom. The van der Waals surface area contributed by atoms with Crippen molar-refractivity contribution in [2.75, 3.05) is 13.1 Å². The van der Waals surface area contributed by atoms with Crippen LogP contribution in [-0.4, -0.2) is 36.9 Å². The number of aromatic nitrogens is 1. The highest BCUT2D eigenvalue weighted by Gasteiger charge is 2.32. The van der Waals surface area contributed by atoms with Crippen LogP contribution in [0.5, 0.6) is 5.88 Å². The van der Waals surface area contributed by atoms with Gasteiger partial charge in [0.05, 0.1) is 17.8 Å². The van der Waals surface area contributed by atoms with Gasteiger partial charge >= 0.3 is 0 Å². The van der Waals surface area contributed by atoms with Crippen LogP contribution in [0.15, 0.2) is 60.7 Å². The molecule has 0 N–H and O–H groups in total. The number of sulfonamides is 1. The van der Waals surface area contributed by atoms with Crippen molar-refractivity contribution in [1.82, 2.24) is 9.29 Å². The summed E-state index contributed by atoms with van der Waals surface area (Å²) in [6.07, 6.45) is 0.493. The highest BCUT2D eigenvalue weighted by Crippen LogP contribution is 2.23. The third kappa shape index (κ3) is 4.12. The predicted molar refractivity (Wildman–Crippen MR) is 106 cm³/mol. The number of para-hydroxylation sites is 1. The number of aryl methyl sites for hydroxylation is 1. The number of ether oxygens (including phenoxy) is 1. The molecule has 0 bridgehead atoms. The van der Waals surface area contributed by atoms with E-state index in [9.17, 15) is 8.42 Å². The third-order valence-corrected chi connectivity index (χ3v) is 6.61. The lowest BCUT2D eigenvalue weighted by atomic mass is 10.2. The quantitative estimate of drug-likeness (QED) is 0.677. The fourth-order valence-corrected chi connectivity index (χ4v) is 4.99. The van der Waals surface area contributed by atoms with Crippen molar-refractivity contribution < 1.29 is 13.2 Å². The zero-order valence-electron chi connectivity index (χ0n) is 15.2. The number of rotatable bonds is 5. The maximum Gasteiger partial charge on any atom is 0.218 e. The van der Waals surface area contributed by atoms with Crippen molar-refractivity contribution in [2.45, 2.75) is 25.2 Å². The zero-order valence-corrected chi connectivity index (χ0v) is 16.0. The lowest BCUT2D eigenvalue weighted by Gasteiger charge is -2.17. The van der Waals surface area contributed by atoms with Gasteiger partial charge in [0.25, 0.3) is 0 Å². The molecule has 2 heterocycles. The zero-order chi connectivity index (χ0) is 18.9. The first kappa shape index (κ1) is 17.9. The molecular weight excluding hydrogens is 360 g/mol. The summed E-state index contributed by atoms with van der Waals surface area (Å²) in [5.74, 6) is 0.562. The Hall–Kier alpha value is -2.44. The Labute approximate surface area is 159 Å². The van der Waals surface area contributed by atoms with E-state index in [0.717, 1.165) is 22.0 Å². The lowest BCUT2D eigenvalue weighted by Crippen LogP contribution is -2.32. The largest absolute Gasteiger partial charge is 0.473 e. The van der Waals surface area contributed by atoms with Crippen LogP contribution in [-0.2, 0) is 15.8 Å². The minimum atomic E-state index is -3.36. The van der Waals surface area contributed by atoms with Crippen molar-refractivity contribution in [3.63, 3.8) is 0 Å². The van der Waals surface area contributed by atoms with Crippen LogP contribution in [0.3, 0.4) is 0 Å². The first-order valence-electron chi connectivity index (χ1n) is 9.05. The van der Waals surface area contributed by atoms with E-state index in [4.69, 9.17) is 4.74 Å². The Morgan fingerprint density at radius 3 is 2.81 bits per heavy atom. The van der Waals surface area contributed by atoms with Crippen molar-refractivity contribution in [3.8, 4) is 5.88 Å². The molecule has 1 aliphatic rings. The maximum atomic E-state index is 12.7. The number of nitrogens with zero attached hydrogens (tertiary/aromatic N) is 2. The number of hydrogen-bond acceptors (Lipinski definition) is 4. The molecule has 1 fully saturated rings. The van der Waals surface area contributed by atoms with Crippen molar-refractivity contribution in [2.24, 2.45) is 0 Å². The van der Waals surface area contributed by atoms with Gasteiger partial charge in [-0.1, -0.05) is 48.0 Å². The van der Waals surface area contributed by atoms with Gasteiger partial charge in [-0.15, -0.1) is 0 Å². The van der Waals surface area contributed by atoms with Crippen LogP contribution in [0.2, 0.25) is 0 Å². The van der Waals surface area contributed by atoms with E-state index in [2.05, 4.69) is 4.98 Å². The summed E-state index contributed by atoms with van der Waals surface area (Å²) in [4.78, 5) is 4.51. The molecule has 1 atom stereocenters. The van der Waals surface area contributed by atoms with Gasteiger partial charge in [0, 0.05) is 18.0 Å². The standard InChI is InChI=1S/C21H22N2O3S/c1-16-5-4-6-17(13-16)15-27(24,25)23-12-11-19(14-23)26-21-10-9-18-7-2-3-8-20(18)22-21/h2-10,13,19H,11-12,14-15H2,1H3. The van der Waals surface area contributed by atoms with Crippen LogP contribution >= 0.6 is 0 Å². The Morgan fingerprint density at radius 2 is 1.96 bits per heavy atom. The van der Waals surface area contributed by atoms with E-state index in [0.29, 0.717) is 25.4 Å². The minimum absolute atomic E-state index is 0.0234. The molecule has 4 rings (SSSR count). The molecule has 1 aromatic heterocycles. The van der Waals surface area contributed by atoms with Crippen LogP contribution in [0.1, 0.15) is 17.5 Å². The van der Waals surface area contributed by atoms with Gasteiger partial charge < -0.3 is 4.74 Å². The molecule has 0 amide bonds. The van der Waals surface area contributed by atoms with Gasteiger partial charge in [-0.3, -0.25) is 0 Å². The number of hydrogen-bond donors (Lipinski definition) is 0. The summed E-state index contributed by atoms with van der Waals surface area (Å²) < 4.78 is 33.0. The second kappa shape index (κ2) is 7.29. The second-order valence-electron chi connectivity index (χ2n) is 6.97. The maximum absolute atomic E-state index is 12.7. The van der Waals surface area contributed by atoms with E-state index in [1.54, 1.807) is 0 Å². The van der Waals surface area contributed by atoms with E-state index in [-0.39, 0.29) is 11.9 Å². The average molecular weight is 382 g/mol. The fraction of sp³-hybridized carbons (Fsp3) is 0.286. The van der Waals surface area contributed by atoms with Gasteiger partial charge in [-0.2, -0.15) is 4.31 Å². The molecular formula is C21H22N2O3S. The summed E-state index contributed by atoms with van der Waals surface area (Å²) in [6.45, 7) is 2.81. The molecule has 27 heavy (non-hydrogen) atoms. The molecule has 0 spiro atoms. The van der Waals surface area contributed by atoms with Crippen molar-refractivity contribution in [1.29, 1.82) is 0 Å². The molecule has 2 aromatic carbocycles. The summed E-state index contributed by atoms with van der Waals surface area (Å²) in [6, 6.07) is 19.3. The monoisotopic (exact) mass is 382 g/mol. The molecule has 140 valence electrons. The Balaban J connectivity index is 1.42. The van der Waals surface area contributed by atoms with Crippen molar-refractivity contribution in [3.05, 3.63) is 71.8 Å². The molecule has 1 saturated heterocycles. The minimum Gasteiger partial charge on any atom is -0.473 e. The van der Waals surface area contributed by atoms with Gasteiger partial charge in [-0.25, -0.2) is 13.4 Å². The van der Waals surface area contributed by atoms with E-state index < -0.39 is 10.0 Å². The van der Waals surface area contributed by atoms with Gasteiger partial charge in [0.15, 0.2) is 0 Å². The molecule has 0 saturated carbocycles. The van der Waals surface area contributed by atoms with E-state index in [1.165, 1.54) is 4.31 Å². The molecule has 5 nitrogen and oxygen atoms in total. The Kier molecular flexibility index (Phi) is 4.85. The van der Waals surface area contributed by atoms with Gasteiger partial charge in [0.1, 0.15) is 6.10 Å². The molecule has 1 aliphatic heterocycles. The van der Waals surface area contributed by atoms with Crippen LogP contribution < -0.4 is 4.74 Å². The summed E-state index contributed by atoms with van der Waals surface area (Å²) in [7, 11) is -3.36.